The molecule has 1 aliphatic rings. The molecule has 1 aromatic carbocycles. The molecular formula is C20H25N3O2. The molecule has 0 aliphatic carbocycles. The summed E-state index contributed by atoms with van der Waals surface area (Å²) < 4.78 is 0. The van der Waals surface area contributed by atoms with E-state index < -0.39 is 6.10 Å². The topological polar surface area (TPSA) is 79.5 Å². The molecule has 2 atom stereocenters. The molecule has 1 aromatic heterocycles. The minimum absolute atomic E-state index is 0.0626. The van der Waals surface area contributed by atoms with Crippen LogP contribution in [-0.4, -0.2) is 40.1 Å². The van der Waals surface area contributed by atoms with E-state index in [0.717, 1.165) is 24.1 Å². The number of carbonyl (C=O) groups excluding carboxylic acids is 1. The van der Waals surface area contributed by atoms with Gasteiger partial charge in [0, 0.05) is 31.5 Å². The number of hydrogen-bond donors (Lipinski definition) is 2. The summed E-state index contributed by atoms with van der Waals surface area (Å²) in [6.45, 7) is 3.41. The average molecular weight is 339 g/mol. The molecule has 2 heterocycles. The number of nitrogens with two attached hydrogens (primary N) is 1. The molecule has 1 saturated heterocycles. The van der Waals surface area contributed by atoms with Gasteiger partial charge in [0.15, 0.2) is 0 Å². The number of rotatable bonds is 4. The van der Waals surface area contributed by atoms with Gasteiger partial charge < -0.3 is 15.7 Å². The Morgan fingerprint density at radius 3 is 2.68 bits per heavy atom. The molecule has 25 heavy (non-hydrogen) atoms. The van der Waals surface area contributed by atoms with Gasteiger partial charge in [0.2, 0.25) is 0 Å². The SMILES string of the molecule is Cc1ccc(C(=O)N2CCC(Cc3ccccc3CN)[C@H](O)C2)cn1. The number of aromatic nitrogens is 1. The van der Waals surface area contributed by atoms with Gasteiger partial charge in [-0.15, -0.1) is 0 Å². The van der Waals surface area contributed by atoms with Gasteiger partial charge in [-0.25, -0.2) is 0 Å². The van der Waals surface area contributed by atoms with Gasteiger partial charge in [-0.1, -0.05) is 24.3 Å². The van der Waals surface area contributed by atoms with Crippen LogP contribution in [0.1, 0.15) is 33.6 Å². The normalized spacial score (nSPS) is 20.5. The number of pyridine rings is 1. The summed E-state index contributed by atoms with van der Waals surface area (Å²) in [4.78, 5) is 18.5. The third-order valence-electron chi connectivity index (χ3n) is 4.99. The van der Waals surface area contributed by atoms with Crippen LogP contribution in [0.5, 0.6) is 0 Å². The number of amides is 1. The second-order valence-electron chi connectivity index (χ2n) is 6.73. The van der Waals surface area contributed by atoms with Crippen LogP contribution in [0.25, 0.3) is 0 Å². The number of piperidine rings is 1. The molecule has 2 aromatic rings. The Labute approximate surface area is 148 Å². The van der Waals surface area contributed by atoms with E-state index >= 15 is 0 Å². The van der Waals surface area contributed by atoms with Crippen molar-refractivity contribution in [3.63, 3.8) is 0 Å². The highest BCUT2D eigenvalue weighted by atomic mass is 16.3. The maximum Gasteiger partial charge on any atom is 0.255 e. The van der Waals surface area contributed by atoms with E-state index in [1.54, 1.807) is 17.2 Å². The molecule has 0 bridgehead atoms. The van der Waals surface area contributed by atoms with Crippen molar-refractivity contribution in [1.29, 1.82) is 0 Å². The number of nitrogens with zero attached hydrogens (tertiary/aromatic N) is 2. The Bertz CT molecular complexity index is 730. The standard InChI is InChI=1S/C20H25N3O2/c1-14-6-7-18(12-22-14)20(25)23-9-8-16(19(24)13-23)10-15-4-2-3-5-17(15)11-21/h2-7,12,16,19,24H,8-11,13,21H2,1H3/t16?,19-/m1/s1. The molecular weight excluding hydrogens is 314 g/mol. The second kappa shape index (κ2) is 7.76. The van der Waals surface area contributed by atoms with Crippen LogP contribution in [0.2, 0.25) is 0 Å². The maximum absolute atomic E-state index is 12.6. The zero-order chi connectivity index (χ0) is 17.8. The molecule has 1 unspecified atom stereocenters. The summed E-state index contributed by atoms with van der Waals surface area (Å²) in [5.41, 5.74) is 9.58. The van der Waals surface area contributed by atoms with Gasteiger partial charge in [0.25, 0.3) is 5.91 Å². The van der Waals surface area contributed by atoms with Gasteiger partial charge in [0.1, 0.15) is 0 Å². The van der Waals surface area contributed by atoms with Crippen LogP contribution < -0.4 is 5.73 Å². The van der Waals surface area contributed by atoms with E-state index in [1.807, 2.05) is 31.2 Å². The van der Waals surface area contributed by atoms with Crippen molar-refractivity contribution < 1.29 is 9.90 Å². The molecule has 132 valence electrons. The van der Waals surface area contributed by atoms with E-state index in [1.165, 1.54) is 5.56 Å². The zero-order valence-electron chi connectivity index (χ0n) is 14.6. The number of aliphatic hydroxyl groups excluding tert-OH is 1. The first-order valence-corrected chi connectivity index (χ1v) is 8.75. The van der Waals surface area contributed by atoms with E-state index in [2.05, 4.69) is 11.1 Å². The lowest BCUT2D eigenvalue weighted by atomic mass is 9.86. The van der Waals surface area contributed by atoms with Crippen LogP contribution in [0.4, 0.5) is 0 Å². The predicted octanol–water partition coefficient (Wildman–Crippen LogP) is 1.91. The van der Waals surface area contributed by atoms with Crippen LogP contribution in [-0.2, 0) is 13.0 Å². The fourth-order valence-electron chi connectivity index (χ4n) is 3.42. The first-order chi connectivity index (χ1) is 12.1. The number of benzene rings is 1. The van der Waals surface area contributed by atoms with Gasteiger partial charge in [0.05, 0.1) is 11.7 Å². The molecule has 0 radical (unpaired) electrons. The monoisotopic (exact) mass is 339 g/mol. The minimum atomic E-state index is -0.526. The van der Waals surface area contributed by atoms with Crippen molar-refractivity contribution in [2.45, 2.75) is 32.4 Å². The Morgan fingerprint density at radius 1 is 1.28 bits per heavy atom. The first kappa shape index (κ1) is 17.6. The maximum atomic E-state index is 12.6. The van der Waals surface area contributed by atoms with E-state index in [9.17, 15) is 9.90 Å². The van der Waals surface area contributed by atoms with Crippen molar-refractivity contribution in [2.24, 2.45) is 11.7 Å². The summed E-state index contributed by atoms with van der Waals surface area (Å²) in [7, 11) is 0. The highest BCUT2D eigenvalue weighted by Gasteiger charge is 2.31. The fraction of sp³-hybridized carbons (Fsp3) is 0.400. The quantitative estimate of drug-likeness (QED) is 0.892. The lowest BCUT2D eigenvalue weighted by Crippen LogP contribution is -2.47. The predicted molar refractivity (Wildman–Crippen MR) is 97.0 cm³/mol. The molecule has 1 aliphatic heterocycles. The van der Waals surface area contributed by atoms with Crippen LogP contribution >= 0.6 is 0 Å². The number of likely N-dealkylation sites (tertiary alicyclic amines) is 1. The van der Waals surface area contributed by atoms with E-state index in [4.69, 9.17) is 5.73 Å². The minimum Gasteiger partial charge on any atom is -0.391 e. The lowest BCUT2D eigenvalue weighted by molar-refractivity contribution is 0.0197. The van der Waals surface area contributed by atoms with Crippen molar-refractivity contribution in [1.82, 2.24) is 9.88 Å². The van der Waals surface area contributed by atoms with Gasteiger partial charge in [-0.3, -0.25) is 9.78 Å². The van der Waals surface area contributed by atoms with E-state index in [0.29, 0.717) is 25.2 Å². The van der Waals surface area contributed by atoms with E-state index in [-0.39, 0.29) is 11.8 Å². The number of β-amino-alcohol motifs (C(OH)–C–C–N with tert-alkyl or cyclic N) is 1. The Morgan fingerprint density at radius 2 is 2.04 bits per heavy atom. The molecule has 1 fully saturated rings. The van der Waals surface area contributed by atoms with Gasteiger partial charge >= 0.3 is 0 Å². The highest BCUT2D eigenvalue weighted by molar-refractivity contribution is 5.94. The van der Waals surface area contributed by atoms with Gasteiger partial charge in [-0.2, -0.15) is 0 Å². The summed E-state index contributed by atoms with van der Waals surface area (Å²) in [6, 6.07) is 11.7. The van der Waals surface area contributed by atoms with Crippen LogP contribution in [0.3, 0.4) is 0 Å². The van der Waals surface area contributed by atoms with Crippen LogP contribution in [0, 0.1) is 12.8 Å². The number of hydrogen-bond acceptors (Lipinski definition) is 4. The average Bonchev–Trinajstić information content (AvgIpc) is 2.64. The number of aryl methyl sites for hydroxylation is 1. The largest absolute Gasteiger partial charge is 0.391 e. The number of aliphatic hydroxyl groups is 1. The molecule has 3 N–H and O–H groups in total. The third kappa shape index (κ3) is 4.06. The molecule has 1 amide bonds. The molecule has 5 nitrogen and oxygen atoms in total. The molecule has 5 heteroatoms. The Hall–Kier alpha value is -2.24. The zero-order valence-corrected chi connectivity index (χ0v) is 14.6. The van der Waals surface area contributed by atoms with Crippen molar-refractivity contribution in [2.75, 3.05) is 13.1 Å². The fourth-order valence-corrected chi connectivity index (χ4v) is 3.42. The van der Waals surface area contributed by atoms with Gasteiger partial charge in [-0.05, 0) is 48.9 Å². The van der Waals surface area contributed by atoms with Crippen molar-refractivity contribution in [3.05, 3.63) is 65.0 Å². The molecule has 0 saturated carbocycles. The van der Waals surface area contributed by atoms with Crippen molar-refractivity contribution in [3.8, 4) is 0 Å². The first-order valence-electron chi connectivity index (χ1n) is 8.75. The summed E-state index contributed by atoms with van der Waals surface area (Å²) in [5, 5.41) is 10.6. The molecule has 0 spiro atoms. The second-order valence-corrected chi connectivity index (χ2v) is 6.73. The highest BCUT2D eigenvalue weighted by Crippen LogP contribution is 2.25. The summed E-state index contributed by atoms with van der Waals surface area (Å²) in [5.74, 6) is 0.0836. The smallest absolute Gasteiger partial charge is 0.255 e. The molecule has 3 rings (SSSR count). The van der Waals surface area contributed by atoms with Crippen molar-refractivity contribution >= 4 is 5.91 Å². The Balaban J connectivity index is 1.64. The van der Waals surface area contributed by atoms with Crippen LogP contribution in [0.15, 0.2) is 42.6 Å². The third-order valence-corrected chi connectivity index (χ3v) is 4.99. The lowest BCUT2D eigenvalue weighted by Gasteiger charge is -2.36. The summed E-state index contributed by atoms with van der Waals surface area (Å²) in [6.07, 6.45) is 2.66. The Kier molecular flexibility index (Phi) is 5.46. The summed E-state index contributed by atoms with van der Waals surface area (Å²) >= 11 is 0. The number of carbonyl (C=O) groups is 1.